The minimum atomic E-state index is -3.93. The van der Waals surface area contributed by atoms with Crippen LogP contribution in [0, 0.1) is 23.7 Å². The fourth-order valence-corrected chi connectivity index (χ4v) is 10.1. The molecule has 7 nitrogen and oxygen atoms in total. The number of rotatable bonds is 2. The van der Waals surface area contributed by atoms with Crippen molar-refractivity contribution in [3.8, 4) is 5.75 Å². The Hall–Kier alpha value is -2.55. The van der Waals surface area contributed by atoms with E-state index in [0.29, 0.717) is 43.2 Å². The Morgan fingerprint density at radius 2 is 1.98 bits per heavy atom. The zero-order chi connectivity index (χ0) is 30.6. The van der Waals surface area contributed by atoms with Gasteiger partial charge in [-0.15, -0.1) is 0 Å². The molecule has 6 atom stereocenters. The van der Waals surface area contributed by atoms with Gasteiger partial charge >= 0.3 is 0 Å². The summed E-state index contributed by atoms with van der Waals surface area (Å²) in [6.45, 7) is 3.87. The van der Waals surface area contributed by atoms with Gasteiger partial charge in [0.25, 0.3) is 5.91 Å². The number of benzene rings is 2. The van der Waals surface area contributed by atoms with Gasteiger partial charge in [0.15, 0.2) is 0 Å². The summed E-state index contributed by atoms with van der Waals surface area (Å²) in [5.74, 6) is 0.716. The van der Waals surface area contributed by atoms with Crippen LogP contribution in [0.15, 0.2) is 48.6 Å². The van der Waals surface area contributed by atoms with Crippen molar-refractivity contribution in [3.63, 3.8) is 0 Å². The largest absolute Gasteiger partial charge is 0.490 e. The number of fused-ring (bicyclic) bond motifs is 4. The quantitative estimate of drug-likeness (QED) is 0.391. The number of carbonyl (C=O) groups excluding carboxylic acids is 1. The van der Waals surface area contributed by atoms with Crippen molar-refractivity contribution in [3.05, 3.63) is 70.3 Å². The van der Waals surface area contributed by atoms with E-state index in [1.807, 2.05) is 31.2 Å². The number of hydrogen-bond donors (Lipinski definition) is 2. The minimum Gasteiger partial charge on any atom is -0.490 e. The average Bonchev–Trinajstić information content (AvgIpc) is 3.81. The van der Waals surface area contributed by atoms with Gasteiger partial charge in [-0.2, -0.15) is 0 Å². The third kappa shape index (κ3) is 5.78. The zero-order valence-electron chi connectivity index (χ0n) is 25.4. The maximum absolute atomic E-state index is 13.7. The number of sulfonamides is 1. The van der Waals surface area contributed by atoms with E-state index in [1.165, 1.54) is 11.1 Å². The lowest BCUT2D eigenvalue weighted by Gasteiger charge is -2.45. The van der Waals surface area contributed by atoms with Gasteiger partial charge in [0.05, 0.1) is 23.6 Å². The molecule has 1 spiro atoms. The predicted octanol–water partition coefficient (Wildman–Crippen LogP) is 6.02. The van der Waals surface area contributed by atoms with Crippen molar-refractivity contribution >= 4 is 33.2 Å². The van der Waals surface area contributed by atoms with Crippen molar-refractivity contribution < 1.29 is 23.1 Å². The maximum Gasteiger partial charge on any atom is 0.264 e. The minimum absolute atomic E-state index is 0.132. The SMILES string of the molecule is C[C@H]1C/C=C\[C@H](O)[C@@H]2CC[C@H]2CN2C[C@@]3(CCCc4cc(Cl)ccc43)COc3ccc(cc32)C(=O)NS(=O)(=O)[C@@H]1CC1CC1. The van der Waals surface area contributed by atoms with Crippen LogP contribution in [0.5, 0.6) is 5.75 Å². The molecule has 5 aliphatic rings. The number of amides is 1. The molecule has 2 fully saturated rings. The van der Waals surface area contributed by atoms with Crippen LogP contribution in [0.3, 0.4) is 0 Å². The van der Waals surface area contributed by atoms with E-state index in [4.69, 9.17) is 16.3 Å². The highest BCUT2D eigenvalue weighted by atomic mass is 35.5. The van der Waals surface area contributed by atoms with Crippen molar-refractivity contribution in [1.29, 1.82) is 0 Å². The smallest absolute Gasteiger partial charge is 0.264 e. The summed E-state index contributed by atoms with van der Waals surface area (Å²) in [4.78, 5) is 15.9. The molecule has 3 aliphatic carbocycles. The molecule has 9 heteroatoms. The molecule has 2 aromatic rings. The molecule has 0 saturated heterocycles. The standard InChI is InChI=1S/C35H43ClN2O5S/c1-22-4-2-6-31(39)28-12-9-26(28)19-38-20-35(15-3-5-24-17-27(36)11-13-29(24)35)21-43-32-14-10-25(18-30(32)38)34(40)37-44(41,42)33(22)16-23-7-8-23/h2,6,10-11,13-14,17-18,22-23,26,28,31,33,39H,3-5,7-9,12,15-16,19-21H2,1H3,(H,37,40)/b6-2-/t22-,26-,28+,31-,33+,35-/m0/s1. The Morgan fingerprint density at radius 3 is 2.75 bits per heavy atom. The third-order valence-electron chi connectivity index (χ3n) is 11.0. The highest BCUT2D eigenvalue weighted by Gasteiger charge is 2.44. The summed E-state index contributed by atoms with van der Waals surface area (Å²) in [5.41, 5.74) is 3.38. The molecule has 2 N–H and O–H groups in total. The van der Waals surface area contributed by atoms with Crippen molar-refractivity contribution in [2.75, 3.05) is 24.6 Å². The Kier molecular flexibility index (Phi) is 7.99. The van der Waals surface area contributed by atoms with Crippen molar-refractivity contribution in [2.45, 2.75) is 81.5 Å². The summed E-state index contributed by atoms with van der Waals surface area (Å²) in [7, 11) is -3.93. The number of hydrogen-bond acceptors (Lipinski definition) is 6. The van der Waals surface area contributed by atoms with Crippen LogP contribution in [0.2, 0.25) is 5.02 Å². The molecule has 2 bridgehead atoms. The Balaban J connectivity index is 1.28. The highest BCUT2D eigenvalue weighted by Crippen LogP contribution is 2.47. The number of nitrogens with one attached hydrogen (secondary N) is 1. The van der Waals surface area contributed by atoms with Crippen LogP contribution in [-0.4, -0.2) is 50.5 Å². The number of anilines is 1. The zero-order valence-corrected chi connectivity index (χ0v) is 27.0. The van der Waals surface area contributed by atoms with E-state index in [9.17, 15) is 18.3 Å². The number of ether oxygens (including phenoxy) is 1. The van der Waals surface area contributed by atoms with Crippen LogP contribution in [0.4, 0.5) is 5.69 Å². The third-order valence-corrected chi connectivity index (χ3v) is 13.2. The molecule has 44 heavy (non-hydrogen) atoms. The van der Waals surface area contributed by atoms with Crippen LogP contribution in [0.1, 0.15) is 79.8 Å². The molecule has 2 saturated carbocycles. The molecule has 2 aliphatic heterocycles. The molecular formula is C35H43ClN2O5S. The molecular weight excluding hydrogens is 596 g/mol. The monoisotopic (exact) mass is 638 g/mol. The van der Waals surface area contributed by atoms with Gasteiger partial charge in [-0.05, 0) is 110 Å². The summed E-state index contributed by atoms with van der Waals surface area (Å²) < 4.78 is 36.4. The molecule has 2 aromatic carbocycles. The molecule has 0 unspecified atom stereocenters. The Labute approximate surface area is 266 Å². The van der Waals surface area contributed by atoms with Gasteiger partial charge in [-0.1, -0.05) is 49.6 Å². The lowest BCUT2D eigenvalue weighted by Crippen LogP contribution is -2.49. The Bertz CT molecular complexity index is 1570. The number of carbonyl (C=O) groups is 1. The second kappa shape index (κ2) is 11.7. The van der Waals surface area contributed by atoms with Crippen LogP contribution >= 0.6 is 11.6 Å². The van der Waals surface area contributed by atoms with E-state index in [0.717, 1.165) is 62.2 Å². The van der Waals surface area contributed by atoms with E-state index in [2.05, 4.69) is 21.8 Å². The van der Waals surface area contributed by atoms with Gasteiger partial charge in [-0.3, -0.25) is 4.79 Å². The van der Waals surface area contributed by atoms with E-state index < -0.39 is 27.3 Å². The second-order valence-electron chi connectivity index (χ2n) is 14.1. The molecule has 2 heterocycles. The van der Waals surface area contributed by atoms with Gasteiger partial charge in [0, 0.05) is 29.1 Å². The first-order valence-electron chi connectivity index (χ1n) is 16.3. The number of halogens is 1. The average molecular weight is 639 g/mol. The number of aliphatic hydroxyl groups excluding tert-OH is 1. The number of allylic oxidation sites excluding steroid dienone is 1. The first kappa shape index (κ1) is 30.1. The van der Waals surface area contributed by atoms with Gasteiger partial charge in [-0.25, -0.2) is 13.1 Å². The molecule has 0 aromatic heterocycles. The normalized spacial score (nSPS) is 34.0. The number of aliphatic hydroxyl groups is 1. The predicted molar refractivity (Wildman–Crippen MR) is 173 cm³/mol. The number of aryl methyl sites for hydroxylation is 1. The lowest BCUT2D eigenvalue weighted by atomic mass is 9.68. The summed E-state index contributed by atoms with van der Waals surface area (Å²) in [6, 6.07) is 11.5. The van der Waals surface area contributed by atoms with E-state index in [-0.39, 0.29) is 23.2 Å². The fraction of sp³-hybridized carbons (Fsp3) is 0.571. The van der Waals surface area contributed by atoms with Crippen molar-refractivity contribution in [1.82, 2.24) is 4.72 Å². The molecule has 1 amide bonds. The Morgan fingerprint density at radius 1 is 1.14 bits per heavy atom. The van der Waals surface area contributed by atoms with E-state index in [1.54, 1.807) is 12.1 Å². The molecule has 236 valence electrons. The van der Waals surface area contributed by atoms with Crippen molar-refractivity contribution in [2.24, 2.45) is 23.7 Å². The summed E-state index contributed by atoms with van der Waals surface area (Å²) in [5, 5.41) is 11.3. The van der Waals surface area contributed by atoms with Crippen LogP contribution < -0.4 is 14.4 Å². The summed E-state index contributed by atoms with van der Waals surface area (Å²) in [6.07, 6.45) is 11.4. The first-order valence-corrected chi connectivity index (χ1v) is 18.3. The van der Waals surface area contributed by atoms with Gasteiger partial charge in [0.2, 0.25) is 10.0 Å². The maximum atomic E-state index is 13.7. The van der Waals surface area contributed by atoms with Crippen LogP contribution in [0.25, 0.3) is 0 Å². The first-order chi connectivity index (χ1) is 21.1. The fourth-order valence-electron chi connectivity index (χ4n) is 8.15. The molecule has 7 rings (SSSR count). The van der Waals surface area contributed by atoms with Gasteiger partial charge < -0.3 is 14.7 Å². The van der Waals surface area contributed by atoms with E-state index >= 15 is 0 Å². The number of nitrogens with zero attached hydrogens (tertiary/aromatic N) is 1. The second-order valence-corrected chi connectivity index (χ2v) is 16.4. The van der Waals surface area contributed by atoms with Crippen LogP contribution in [-0.2, 0) is 21.9 Å². The van der Waals surface area contributed by atoms with Gasteiger partial charge in [0.1, 0.15) is 5.75 Å². The topological polar surface area (TPSA) is 95.9 Å². The lowest BCUT2D eigenvalue weighted by molar-refractivity contribution is 0.0455. The highest BCUT2D eigenvalue weighted by molar-refractivity contribution is 7.90. The summed E-state index contributed by atoms with van der Waals surface area (Å²) >= 11 is 6.41. The molecule has 0 radical (unpaired) electrons.